The summed E-state index contributed by atoms with van der Waals surface area (Å²) in [4.78, 5) is 16.6. The van der Waals surface area contributed by atoms with Gasteiger partial charge in [0.05, 0.1) is 6.04 Å². The van der Waals surface area contributed by atoms with E-state index in [9.17, 15) is 4.79 Å². The highest BCUT2D eigenvalue weighted by Gasteiger charge is 2.19. The first-order chi connectivity index (χ1) is 8.90. The number of carbonyl (C=O) groups excluding carboxylic acids is 1. The van der Waals surface area contributed by atoms with E-state index in [2.05, 4.69) is 29.1 Å². The molecule has 0 saturated carbocycles. The van der Waals surface area contributed by atoms with E-state index in [4.69, 9.17) is 5.73 Å². The average molecular weight is 307 g/mol. The van der Waals surface area contributed by atoms with E-state index in [1.54, 1.807) is 0 Å². The molecule has 1 fully saturated rings. The van der Waals surface area contributed by atoms with Crippen molar-refractivity contribution >= 4 is 18.3 Å². The second kappa shape index (κ2) is 9.55. The molecule has 1 amide bonds. The summed E-state index contributed by atoms with van der Waals surface area (Å²) >= 11 is 0. The van der Waals surface area contributed by atoms with Gasteiger partial charge in [-0.25, -0.2) is 0 Å². The third-order valence-electron chi connectivity index (χ3n) is 3.81. The number of amides is 1. The van der Waals surface area contributed by atoms with Crippen molar-refractivity contribution in [1.29, 1.82) is 0 Å². The minimum Gasteiger partial charge on any atom is -0.354 e. The quantitative estimate of drug-likeness (QED) is 0.745. The van der Waals surface area contributed by atoms with Gasteiger partial charge in [-0.15, -0.1) is 12.4 Å². The predicted octanol–water partition coefficient (Wildman–Crippen LogP) is 0.391. The molecule has 1 saturated heterocycles. The fourth-order valence-electron chi connectivity index (χ4n) is 2.23. The van der Waals surface area contributed by atoms with Gasteiger partial charge in [0, 0.05) is 39.3 Å². The van der Waals surface area contributed by atoms with Crippen molar-refractivity contribution in [3.63, 3.8) is 0 Å². The van der Waals surface area contributed by atoms with E-state index in [0.717, 1.165) is 32.7 Å². The lowest BCUT2D eigenvalue weighted by Gasteiger charge is -2.34. The number of nitrogens with two attached hydrogens (primary N) is 1. The van der Waals surface area contributed by atoms with Crippen LogP contribution in [0.25, 0.3) is 0 Å². The molecule has 0 aromatic carbocycles. The third-order valence-corrected chi connectivity index (χ3v) is 3.81. The van der Waals surface area contributed by atoms with Crippen molar-refractivity contribution in [2.75, 3.05) is 46.3 Å². The van der Waals surface area contributed by atoms with E-state index < -0.39 is 6.04 Å². The molecule has 1 rings (SSSR count). The molecule has 1 heterocycles. The Kier molecular flexibility index (Phi) is 9.38. The van der Waals surface area contributed by atoms with Crippen LogP contribution in [0.3, 0.4) is 0 Å². The van der Waals surface area contributed by atoms with Gasteiger partial charge in [-0.3, -0.25) is 4.79 Å². The molecule has 3 N–H and O–H groups in total. The highest BCUT2D eigenvalue weighted by atomic mass is 35.5. The van der Waals surface area contributed by atoms with Crippen LogP contribution in [0.4, 0.5) is 0 Å². The van der Waals surface area contributed by atoms with Crippen molar-refractivity contribution in [1.82, 2.24) is 15.1 Å². The summed E-state index contributed by atoms with van der Waals surface area (Å²) in [7, 11) is 2.16. The number of rotatable bonds is 6. The summed E-state index contributed by atoms with van der Waals surface area (Å²) < 4.78 is 0. The maximum absolute atomic E-state index is 11.8. The first-order valence-electron chi connectivity index (χ1n) is 7.34. The Morgan fingerprint density at radius 1 is 1.20 bits per heavy atom. The second-order valence-corrected chi connectivity index (χ2v) is 6.22. The lowest BCUT2D eigenvalue weighted by atomic mass is 10.0. The molecule has 1 aliphatic heterocycles. The Labute approximate surface area is 129 Å². The zero-order valence-corrected chi connectivity index (χ0v) is 14.1. The number of likely N-dealkylation sites (N-methyl/N-ethyl adjacent to an activating group) is 1. The first-order valence-corrected chi connectivity index (χ1v) is 7.34. The molecule has 6 heteroatoms. The third kappa shape index (κ3) is 6.88. The molecular formula is C14H31ClN4O. The van der Waals surface area contributed by atoms with Gasteiger partial charge < -0.3 is 20.9 Å². The fraction of sp³-hybridized carbons (Fsp3) is 0.929. The average Bonchev–Trinajstić information content (AvgIpc) is 2.37. The van der Waals surface area contributed by atoms with E-state index in [0.29, 0.717) is 12.5 Å². The van der Waals surface area contributed by atoms with Crippen LogP contribution in [0.15, 0.2) is 0 Å². The van der Waals surface area contributed by atoms with Crippen LogP contribution in [-0.2, 0) is 4.79 Å². The van der Waals surface area contributed by atoms with Crippen LogP contribution >= 0.6 is 12.4 Å². The van der Waals surface area contributed by atoms with Gasteiger partial charge in [0.25, 0.3) is 0 Å². The molecule has 0 bridgehead atoms. The molecular weight excluding hydrogens is 276 g/mol. The smallest absolute Gasteiger partial charge is 0.237 e. The summed E-state index contributed by atoms with van der Waals surface area (Å²) in [6.07, 6.45) is 0. The van der Waals surface area contributed by atoms with E-state index >= 15 is 0 Å². The molecule has 1 unspecified atom stereocenters. The van der Waals surface area contributed by atoms with E-state index in [-0.39, 0.29) is 24.2 Å². The van der Waals surface area contributed by atoms with Gasteiger partial charge in [0.15, 0.2) is 0 Å². The molecule has 2 atom stereocenters. The van der Waals surface area contributed by atoms with Crippen LogP contribution in [-0.4, -0.2) is 68.1 Å². The normalized spacial score (nSPS) is 20.3. The molecule has 0 radical (unpaired) electrons. The Bertz CT molecular complexity index is 280. The molecule has 0 spiro atoms. The number of hydrogen-bond donors (Lipinski definition) is 2. The molecule has 20 heavy (non-hydrogen) atoms. The maximum Gasteiger partial charge on any atom is 0.237 e. The van der Waals surface area contributed by atoms with Crippen molar-refractivity contribution in [2.45, 2.75) is 26.8 Å². The van der Waals surface area contributed by atoms with Gasteiger partial charge in [0.1, 0.15) is 0 Å². The highest BCUT2D eigenvalue weighted by Crippen LogP contribution is 2.04. The van der Waals surface area contributed by atoms with Gasteiger partial charge in [-0.05, 0) is 18.9 Å². The van der Waals surface area contributed by atoms with Gasteiger partial charge >= 0.3 is 0 Å². The van der Waals surface area contributed by atoms with Crippen molar-refractivity contribution in [3.05, 3.63) is 0 Å². The first kappa shape index (κ1) is 19.6. The largest absolute Gasteiger partial charge is 0.354 e. The number of piperazine rings is 1. The molecule has 0 aromatic rings. The predicted molar refractivity (Wildman–Crippen MR) is 86.2 cm³/mol. The van der Waals surface area contributed by atoms with Crippen molar-refractivity contribution < 1.29 is 4.79 Å². The van der Waals surface area contributed by atoms with Gasteiger partial charge in [0.2, 0.25) is 5.91 Å². The SMILES string of the molecule is CC(CNC(=O)[C@@H](N)C(C)C)CN1CCN(C)CC1.Cl. The topological polar surface area (TPSA) is 61.6 Å². The summed E-state index contributed by atoms with van der Waals surface area (Å²) in [5.41, 5.74) is 5.82. The zero-order chi connectivity index (χ0) is 14.4. The molecule has 120 valence electrons. The number of halogens is 1. The molecule has 1 aliphatic rings. The minimum absolute atomic E-state index is 0. The van der Waals surface area contributed by atoms with Crippen molar-refractivity contribution in [2.24, 2.45) is 17.6 Å². The zero-order valence-electron chi connectivity index (χ0n) is 13.3. The van der Waals surface area contributed by atoms with E-state index in [1.807, 2.05) is 13.8 Å². The summed E-state index contributed by atoms with van der Waals surface area (Å²) in [6.45, 7) is 12.4. The van der Waals surface area contributed by atoms with E-state index in [1.165, 1.54) is 0 Å². The standard InChI is InChI=1S/C14H30N4O.ClH/c1-11(2)13(15)14(19)16-9-12(3)10-18-7-5-17(4)6-8-18;/h11-13H,5-10,15H2,1-4H3,(H,16,19);1H/t12?,13-;/m0./s1. The Morgan fingerprint density at radius 2 is 1.75 bits per heavy atom. The Morgan fingerprint density at radius 3 is 2.25 bits per heavy atom. The lowest BCUT2D eigenvalue weighted by Crippen LogP contribution is -2.48. The molecule has 0 aromatic heterocycles. The fourth-order valence-corrected chi connectivity index (χ4v) is 2.23. The molecule has 0 aliphatic carbocycles. The second-order valence-electron chi connectivity index (χ2n) is 6.22. The lowest BCUT2D eigenvalue weighted by molar-refractivity contribution is -0.123. The monoisotopic (exact) mass is 306 g/mol. The Hall–Kier alpha value is -0.360. The van der Waals surface area contributed by atoms with Crippen LogP contribution in [0.1, 0.15) is 20.8 Å². The number of carbonyl (C=O) groups is 1. The summed E-state index contributed by atoms with van der Waals surface area (Å²) in [5, 5.41) is 2.96. The van der Waals surface area contributed by atoms with Crippen LogP contribution in [0.2, 0.25) is 0 Å². The van der Waals surface area contributed by atoms with Gasteiger partial charge in [-0.1, -0.05) is 20.8 Å². The highest BCUT2D eigenvalue weighted by molar-refractivity contribution is 5.85. The van der Waals surface area contributed by atoms with Crippen LogP contribution < -0.4 is 11.1 Å². The summed E-state index contributed by atoms with van der Waals surface area (Å²) in [5.74, 6) is 0.625. The van der Waals surface area contributed by atoms with Crippen molar-refractivity contribution in [3.8, 4) is 0 Å². The van der Waals surface area contributed by atoms with Crippen LogP contribution in [0.5, 0.6) is 0 Å². The maximum atomic E-state index is 11.8. The van der Waals surface area contributed by atoms with Gasteiger partial charge in [-0.2, -0.15) is 0 Å². The number of nitrogens with zero attached hydrogens (tertiary/aromatic N) is 2. The Balaban J connectivity index is 0.00000361. The summed E-state index contributed by atoms with van der Waals surface area (Å²) in [6, 6.07) is -0.393. The number of hydrogen-bond acceptors (Lipinski definition) is 4. The van der Waals surface area contributed by atoms with Crippen LogP contribution in [0, 0.1) is 11.8 Å². The number of nitrogens with one attached hydrogen (secondary N) is 1. The molecule has 5 nitrogen and oxygen atoms in total. The minimum atomic E-state index is -0.393.